The zero-order chi connectivity index (χ0) is 39.5. The van der Waals surface area contributed by atoms with E-state index in [1.807, 2.05) is 0 Å². The average molecular weight is 778 g/mol. The van der Waals surface area contributed by atoms with Gasteiger partial charge in [-0.3, -0.25) is 13.8 Å². The van der Waals surface area contributed by atoms with E-state index in [4.69, 9.17) is 24.3 Å². The maximum Gasteiger partial charge on any atom is 0.472 e. The van der Waals surface area contributed by atoms with Crippen molar-refractivity contribution in [1.29, 1.82) is 0 Å². The van der Waals surface area contributed by atoms with Crippen LogP contribution in [0.15, 0.2) is 72.9 Å². The molecule has 0 aliphatic rings. The maximum atomic E-state index is 12.6. The largest absolute Gasteiger partial charge is 0.472 e. The second-order valence-electron chi connectivity index (χ2n) is 13.8. The first-order valence-electron chi connectivity index (χ1n) is 21.4. The summed E-state index contributed by atoms with van der Waals surface area (Å²) in [6.45, 7) is 4.73. The molecule has 0 bridgehead atoms. The number of hydrogen-bond donors (Lipinski definition) is 2. The topological polar surface area (TPSA) is 117 Å². The molecule has 0 radical (unpaired) electrons. The van der Waals surface area contributed by atoms with Crippen LogP contribution in [0.2, 0.25) is 0 Å². The number of ether oxygens (including phenoxy) is 2. The van der Waals surface area contributed by atoms with Crippen molar-refractivity contribution in [3.05, 3.63) is 72.9 Å². The normalized spacial score (nSPS) is 14.2. The first kappa shape index (κ1) is 51.9. The van der Waals surface area contributed by atoms with E-state index >= 15 is 0 Å². The van der Waals surface area contributed by atoms with Crippen LogP contribution in [0.1, 0.15) is 168 Å². The molecule has 0 rings (SSSR count). The van der Waals surface area contributed by atoms with E-state index in [9.17, 15) is 14.3 Å². The lowest BCUT2D eigenvalue weighted by Gasteiger charge is -2.20. The first-order valence-corrected chi connectivity index (χ1v) is 22.9. The molecule has 0 fully saturated rings. The highest BCUT2D eigenvalue weighted by molar-refractivity contribution is 7.47. The summed E-state index contributed by atoms with van der Waals surface area (Å²) in [7, 11) is -4.29. The summed E-state index contributed by atoms with van der Waals surface area (Å²) in [5.74, 6) is -0.366. The molecule has 0 heterocycles. The van der Waals surface area contributed by atoms with Crippen LogP contribution in [0.5, 0.6) is 0 Å². The van der Waals surface area contributed by atoms with Crippen LogP contribution in [-0.2, 0) is 27.9 Å². The lowest BCUT2D eigenvalue weighted by molar-refractivity contribution is -0.154. The van der Waals surface area contributed by atoms with Gasteiger partial charge in [0.1, 0.15) is 6.10 Å². The Balaban J connectivity index is 4.14. The summed E-state index contributed by atoms with van der Waals surface area (Å²) in [4.78, 5) is 22.5. The Morgan fingerprint density at radius 2 is 1.04 bits per heavy atom. The minimum Gasteiger partial charge on any atom is -0.457 e. The van der Waals surface area contributed by atoms with Crippen molar-refractivity contribution in [3.63, 3.8) is 0 Å². The standard InChI is InChI=1S/C45H80NO7P/c1-3-5-7-9-11-13-15-17-19-21-22-23-24-26-28-30-32-34-36-38-45(47)53-44(43-52-54(48,49)51-41-39-46)42-50-40-37-35-33-31-29-27-25-20-18-16-14-12-10-8-6-4-2/h5,7,11,13,17-20,22-23,26,28,44H,3-4,6,8-10,12,14-16,21,24-25,27,29-43,46H2,1-2H3,(H,48,49)/b7-5-,13-11-,19-17-,20-18-,23-22-,28-26-. The van der Waals surface area contributed by atoms with Crippen molar-refractivity contribution in [2.75, 3.05) is 33.0 Å². The van der Waals surface area contributed by atoms with Gasteiger partial charge in [-0.15, -0.1) is 0 Å². The molecule has 0 saturated heterocycles. The highest BCUT2D eigenvalue weighted by Gasteiger charge is 2.25. The van der Waals surface area contributed by atoms with E-state index in [0.29, 0.717) is 13.0 Å². The predicted octanol–water partition coefficient (Wildman–Crippen LogP) is 12.7. The Kier molecular flexibility index (Phi) is 40.5. The summed E-state index contributed by atoms with van der Waals surface area (Å²) in [5, 5.41) is 0. The monoisotopic (exact) mass is 778 g/mol. The fourth-order valence-electron chi connectivity index (χ4n) is 5.49. The Bertz CT molecular complexity index is 1050. The van der Waals surface area contributed by atoms with E-state index in [0.717, 1.165) is 64.2 Å². The molecule has 0 aromatic carbocycles. The molecule has 0 aromatic rings. The number of hydrogen-bond acceptors (Lipinski definition) is 7. The third kappa shape index (κ3) is 41.1. The predicted molar refractivity (Wildman–Crippen MR) is 228 cm³/mol. The van der Waals surface area contributed by atoms with Crippen LogP contribution in [0, 0.1) is 0 Å². The molecule has 3 N–H and O–H groups in total. The van der Waals surface area contributed by atoms with Gasteiger partial charge in [0.15, 0.2) is 0 Å². The molecule has 2 unspecified atom stereocenters. The Morgan fingerprint density at radius 3 is 1.57 bits per heavy atom. The molecule has 0 spiro atoms. The molecule has 54 heavy (non-hydrogen) atoms. The average Bonchev–Trinajstić information content (AvgIpc) is 3.16. The van der Waals surface area contributed by atoms with Gasteiger partial charge in [0.2, 0.25) is 0 Å². The summed E-state index contributed by atoms with van der Waals surface area (Å²) >= 11 is 0. The van der Waals surface area contributed by atoms with Crippen molar-refractivity contribution in [2.45, 2.75) is 174 Å². The maximum absolute atomic E-state index is 12.6. The Hall–Kier alpha value is -2.06. The minimum atomic E-state index is -4.29. The Morgan fingerprint density at radius 1 is 0.574 bits per heavy atom. The van der Waals surface area contributed by atoms with Gasteiger partial charge in [-0.2, -0.15) is 0 Å². The van der Waals surface area contributed by atoms with E-state index < -0.39 is 13.9 Å². The van der Waals surface area contributed by atoms with Crippen LogP contribution in [-0.4, -0.2) is 49.9 Å². The molecule has 8 nitrogen and oxygen atoms in total. The van der Waals surface area contributed by atoms with Crippen molar-refractivity contribution >= 4 is 13.8 Å². The fraction of sp³-hybridized carbons (Fsp3) is 0.711. The number of allylic oxidation sites excluding steroid dienone is 12. The van der Waals surface area contributed by atoms with Gasteiger partial charge in [0, 0.05) is 19.6 Å². The van der Waals surface area contributed by atoms with Gasteiger partial charge >= 0.3 is 13.8 Å². The molecule has 0 aliphatic heterocycles. The summed E-state index contributed by atoms with van der Waals surface area (Å²) in [6.07, 6.45) is 52.0. The highest BCUT2D eigenvalue weighted by atomic mass is 31.2. The van der Waals surface area contributed by atoms with Crippen LogP contribution in [0.25, 0.3) is 0 Å². The molecular weight excluding hydrogens is 697 g/mol. The lowest BCUT2D eigenvalue weighted by atomic mass is 10.1. The van der Waals surface area contributed by atoms with E-state index in [2.05, 4.69) is 86.8 Å². The summed E-state index contributed by atoms with van der Waals surface area (Å²) in [5.41, 5.74) is 5.36. The van der Waals surface area contributed by atoms with Gasteiger partial charge in [-0.25, -0.2) is 4.57 Å². The van der Waals surface area contributed by atoms with Gasteiger partial charge in [-0.05, 0) is 83.5 Å². The third-order valence-electron chi connectivity index (χ3n) is 8.61. The van der Waals surface area contributed by atoms with Gasteiger partial charge in [0.05, 0.1) is 19.8 Å². The van der Waals surface area contributed by atoms with Crippen LogP contribution >= 0.6 is 7.82 Å². The molecule has 0 aromatic heterocycles. The van der Waals surface area contributed by atoms with Gasteiger partial charge < -0.3 is 20.1 Å². The number of nitrogens with two attached hydrogens (primary N) is 1. The molecule has 9 heteroatoms. The fourth-order valence-corrected chi connectivity index (χ4v) is 6.25. The van der Waals surface area contributed by atoms with Crippen LogP contribution in [0.4, 0.5) is 0 Å². The number of unbranched alkanes of at least 4 members (excludes halogenated alkanes) is 15. The SMILES string of the molecule is CC/C=C\C/C=C\C/C=C\C/C=C\C/C=C\CCCCCC(=O)OC(COCCCCCCCC/C=C\CCCCCCCC)COP(=O)(O)OCCN. The quantitative estimate of drug-likeness (QED) is 0.0273. The molecular formula is C45H80NO7P. The van der Waals surface area contributed by atoms with E-state index in [1.165, 1.54) is 77.0 Å². The minimum absolute atomic E-state index is 0.0902. The van der Waals surface area contributed by atoms with Crippen molar-refractivity contribution in [2.24, 2.45) is 5.73 Å². The van der Waals surface area contributed by atoms with Crippen LogP contribution < -0.4 is 5.73 Å². The van der Waals surface area contributed by atoms with Crippen molar-refractivity contribution in [3.8, 4) is 0 Å². The second-order valence-corrected chi connectivity index (χ2v) is 15.3. The molecule has 312 valence electrons. The highest BCUT2D eigenvalue weighted by Crippen LogP contribution is 2.43. The zero-order valence-corrected chi connectivity index (χ0v) is 35.3. The van der Waals surface area contributed by atoms with Crippen LogP contribution in [0.3, 0.4) is 0 Å². The number of phosphoric acid groups is 1. The number of phosphoric ester groups is 1. The van der Waals surface area contributed by atoms with E-state index in [1.54, 1.807) is 0 Å². The first-order chi connectivity index (χ1) is 26.4. The summed E-state index contributed by atoms with van der Waals surface area (Å²) in [6, 6.07) is 0. The van der Waals surface area contributed by atoms with Crippen molar-refractivity contribution in [1.82, 2.24) is 0 Å². The number of rotatable bonds is 40. The number of carbonyl (C=O) groups is 1. The van der Waals surface area contributed by atoms with Gasteiger partial charge in [-0.1, -0.05) is 151 Å². The third-order valence-corrected chi connectivity index (χ3v) is 9.59. The molecule has 0 saturated carbocycles. The second kappa shape index (κ2) is 42.1. The Labute approximate surface area is 331 Å². The van der Waals surface area contributed by atoms with Crippen molar-refractivity contribution < 1.29 is 32.8 Å². The van der Waals surface area contributed by atoms with E-state index in [-0.39, 0.29) is 38.8 Å². The molecule has 0 aliphatic carbocycles. The zero-order valence-electron chi connectivity index (χ0n) is 34.4. The number of carbonyl (C=O) groups excluding carboxylic acids is 1. The summed E-state index contributed by atoms with van der Waals surface area (Å²) < 4.78 is 33.4. The smallest absolute Gasteiger partial charge is 0.457 e. The lowest BCUT2D eigenvalue weighted by Crippen LogP contribution is -2.28. The number of esters is 1. The van der Waals surface area contributed by atoms with Gasteiger partial charge in [0.25, 0.3) is 0 Å². The molecule has 2 atom stereocenters. The molecule has 0 amide bonds.